The van der Waals surface area contributed by atoms with Crippen LogP contribution in [-0.2, 0) is 14.8 Å². The van der Waals surface area contributed by atoms with Crippen LogP contribution in [0.15, 0.2) is 47.4 Å². The first-order chi connectivity index (χ1) is 13.6. The molecule has 0 bridgehead atoms. The lowest BCUT2D eigenvalue weighted by Gasteiger charge is -2.20. The molecule has 6 N–H and O–H groups in total. The van der Waals surface area contributed by atoms with Crippen molar-refractivity contribution in [3.8, 4) is 0 Å². The summed E-state index contributed by atoms with van der Waals surface area (Å²) in [5, 5.41) is 10.4. The molecule has 0 aliphatic heterocycles. The first-order valence-corrected chi connectivity index (χ1v) is 10.6. The van der Waals surface area contributed by atoms with Crippen LogP contribution >= 0.6 is 11.3 Å². The number of hydrogen-bond donors (Lipinski definition) is 4. The average molecular weight is 441 g/mol. The van der Waals surface area contributed by atoms with E-state index >= 15 is 0 Å². The summed E-state index contributed by atoms with van der Waals surface area (Å²) in [6.45, 7) is 1.92. The molecule has 1 aromatic heterocycles. The fourth-order valence-corrected chi connectivity index (χ4v) is 4.48. The third-order valence-corrected chi connectivity index (χ3v) is 6.47. The van der Waals surface area contributed by atoms with E-state index in [0.717, 1.165) is 16.3 Å². The molecule has 2 unspecified atom stereocenters. The highest BCUT2D eigenvalue weighted by molar-refractivity contribution is 7.89. The van der Waals surface area contributed by atoms with E-state index in [1.807, 2.05) is 4.72 Å². The molecular weight excluding hydrogens is 420 g/mol. The van der Waals surface area contributed by atoms with E-state index in [1.54, 1.807) is 13.0 Å². The number of benzene rings is 1. The van der Waals surface area contributed by atoms with Crippen LogP contribution in [-0.4, -0.2) is 54.8 Å². The van der Waals surface area contributed by atoms with Crippen molar-refractivity contribution in [3.63, 3.8) is 0 Å². The molecule has 2 rings (SSSR count). The van der Waals surface area contributed by atoms with Crippen LogP contribution in [0.2, 0.25) is 0 Å². The van der Waals surface area contributed by atoms with Gasteiger partial charge in [0, 0.05) is 6.54 Å². The van der Waals surface area contributed by atoms with Crippen LogP contribution in [0, 0.1) is 0 Å². The van der Waals surface area contributed by atoms with E-state index in [9.17, 15) is 27.9 Å². The van der Waals surface area contributed by atoms with Crippen LogP contribution in [0.4, 0.5) is 0 Å². The molecule has 0 saturated carbocycles. The molecule has 0 spiro atoms. The highest BCUT2D eigenvalue weighted by Gasteiger charge is 2.36. The van der Waals surface area contributed by atoms with E-state index in [4.69, 9.17) is 11.6 Å². The Morgan fingerprint density at radius 3 is 2.28 bits per heavy atom. The molecule has 0 saturated heterocycles. The third kappa shape index (κ3) is 5.25. The largest absolute Gasteiger partial charge is 0.480 e. The number of hydrazine groups is 1. The van der Waals surface area contributed by atoms with Crippen LogP contribution in [0.1, 0.15) is 26.3 Å². The van der Waals surface area contributed by atoms with E-state index in [0.29, 0.717) is 0 Å². The summed E-state index contributed by atoms with van der Waals surface area (Å²) >= 11 is 0.794. The maximum absolute atomic E-state index is 12.6. The van der Waals surface area contributed by atoms with Crippen molar-refractivity contribution in [2.75, 3.05) is 6.54 Å². The zero-order valence-corrected chi connectivity index (χ0v) is 16.9. The molecule has 1 aromatic carbocycles. The first-order valence-electron chi connectivity index (χ1n) is 8.35. The van der Waals surface area contributed by atoms with Crippen molar-refractivity contribution >= 4 is 39.0 Å². The molecule has 2 aromatic rings. The lowest BCUT2D eigenvalue weighted by molar-refractivity contribution is -0.139. The minimum atomic E-state index is -4.23. The second kappa shape index (κ2) is 9.24. The minimum Gasteiger partial charge on any atom is -0.480 e. The van der Waals surface area contributed by atoms with Gasteiger partial charge in [-0.15, -0.1) is 11.3 Å². The summed E-state index contributed by atoms with van der Waals surface area (Å²) in [4.78, 5) is 36.3. The number of thiophene rings is 1. The Morgan fingerprint density at radius 1 is 1.14 bits per heavy atom. The average Bonchev–Trinajstić information content (AvgIpc) is 3.20. The summed E-state index contributed by atoms with van der Waals surface area (Å²) in [6.07, 6.45) is 0. The molecule has 12 heteroatoms. The van der Waals surface area contributed by atoms with Crippen molar-refractivity contribution in [2.45, 2.75) is 23.9 Å². The van der Waals surface area contributed by atoms with Crippen molar-refractivity contribution in [3.05, 3.63) is 52.2 Å². The van der Waals surface area contributed by atoms with Gasteiger partial charge >= 0.3 is 5.97 Å². The van der Waals surface area contributed by atoms with Crippen molar-refractivity contribution in [1.82, 2.24) is 9.73 Å². The number of sulfonamides is 1. The summed E-state index contributed by atoms with van der Waals surface area (Å²) < 4.78 is 26.8. The predicted molar refractivity (Wildman–Crippen MR) is 106 cm³/mol. The van der Waals surface area contributed by atoms with Gasteiger partial charge in [-0.1, -0.05) is 18.2 Å². The number of ketones is 1. The molecular formula is C17H20N4O6S2. The monoisotopic (exact) mass is 440 g/mol. The Labute approximate surface area is 171 Å². The Balaban J connectivity index is 2.24. The number of nitrogens with zero attached hydrogens (tertiary/aromatic N) is 1. The van der Waals surface area contributed by atoms with Crippen molar-refractivity contribution < 1.29 is 27.9 Å². The number of carbonyl (C=O) groups excluding carboxylic acids is 2. The Hall–Kier alpha value is -2.64. The number of nitrogens with one attached hydrogen (secondary N) is 1. The second-order valence-electron chi connectivity index (χ2n) is 5.90. The number of carboxylic acids is 1. The number of aliphatic carboxylic acids is 1. The fraction of sp³-hybridized carbons (Fsp3) is 0.235. The van der Waals surface area contributed by atoms with Crippen LogP contribution in [0.3, 0.4) is 0 Å². The van der Waals surface area contributed by atoms with Gasteiger partial charge in [0.05, 0.1) is 20.7 Å². The first kappa shape index (κ1) is 22.6. The Morgan fingerprint density at radius 2 is 1.72 bits per heavy atom. The van der Waals surface area contributed by atoms with Gasteiger partial charge in [-0.05, 0) is 31.2 Å². The van der Waals surface area contributed by atoms with Gasteiger partial charge in [0.25, 0.3) is 5.91 Å². The maximum atomic E-state index is 12.6. The summed E-state index contributed by atoms with van der Waals surface area (Å²) in [7, 11) is -4.23. The number of amides is 1. The number of carboxylic acid groups (broad SMARTS) is 1. The van der Waals surface area contributed by atoms with E-state index in [1.165, 1.54) is 36.4 Å². The van der Waals surface area contributed by atoms with Crippen LogP contribution in [0.25, 0.3) is 0 Å². The number of nitrogens with two attached hydrogens (primary N) is 2. The lowest BCUT2D eigenvalue weighted by atomic mass is 10.0. The number of rotatable bonds is 9. The number of carbonyl (C=O) groups is 3. The van der Waals surface area contributed by atoms with Gasteiger partial charge in [0.2, 0.25) is 10.0 Å². The summed E-state index contributed by atoms with van der Waals surface area (Å²) in [6, 6.07) is 6.15. The Bertz CT molecular complexity index is 1010. The topological polar surface area (TPSA) is 173 Å². The molecule has 0 radical (unpaired) electrons. The van der Waals surface area contributed by atoms with E-state index in [2.05, 4.69) is 0 Å². The molecule has 10 nitrogen and oxygen atoms in total. The second-order valence-corrected chi connectivity index (χ2v) is 8.69. The molecule has 29 heavy (non-hydrogen) atoms. The molecule has 0 aliphatic rings. The number of Topliss-reactive ketones (excluding diaryl/α,β-unsaturated/α-hetero) is 1. The van der Waals surface area contributed by atoms with Crippen LogP contribution < -0.4 is 16.3 Å². The van der Waals surface area contributed by atoms with Crippen molar-refractivity contribution in [1.29, 1.82) is 0 Å². The predicted octanol–water partition coefficient (Wildman–Crippen LogP) is 0.0256. The van der Waals surface area contributed by atoms with Gasteiger partial charge in [-0.2, -0.15) is 4.72 Å². The highest BCUT2D eigenvalue weighted by Crippen LogP contribution is 2.20. The quantitative estimate of drug-likeness (QED) is 0.183. The van der Waals surface area contributed by atoms with E-state index in [-0.39, 0.29) is 21.2 Å². The molecule has 1 amide bonds. The summed E-state index contributed by atoms with van der Waals surface area (Å²) in [5.41, 5.74) is 5.78. The summed E-state index contributed by atoms with van der Waals surface area (Å²) in [5.74, 6) is 2.59. The lowest BCUT2D eigenvalue weighted by Crippen LogP contribution is -2.55. The molecule has 2 atom stereocenters. The SMILES string of the molecule is CCN(N)C(=O)c1ccc(C(=O)C(N)C(NS(=O)(=O)c2ccccc2)C(=O)O)s1. The van der Waals surface area contributed by atoms with E-state index < -0.39 is 39.8 Å². The fourth-order valence-electron chi connectivity index (χ4n) is 2.30. The standard InChI is InChI=1S/C17H20N4O6S2/c1-2-21(19)16(23)12-9-8-11(28-12)15(22)13(18)14(17(24)25)20-29(26,27)10-6-4-3-5-7-10/h3-9,13-14,20H,2,18-19H2,1H3,(H,24,25). The maximum Gasteiger partial charge on any atom is 0.323 e. The highest BCUT2D eigenvalue weighted by atomic mass is 32.2. The number of hydrogen-bond acceptors (Lipinski definition) is 8. The van der Waals surface area contributed by atoms with Gasteiger partial charge in [-0.3, -0.25) is 19.4 Å². The zero-order valence-electron chi connectivity index (χ0n) is 15.3. The van der Waals surface area contributed by atoms with Gasteiger partial charge < -0.3 is 10.8 Å². The van der Waals surface area contributed by atoms with Crippen molar-refractivity contribution in [2.24, 2.45) is 11.6 Å². The smallest absolute Gasteiger partial charge is 0.323 e. The molecule has 0 fully saturated rings. The van der Waals surface area contributed by atoms with Gasteiger partial charge in [0.1, 0.15) is 6.04 Å². The molecule has 1 heterocycles. The van der Waals surface area contributed by atoms with Gasteiger partial charge in [-0.25, -0.2) is 14.3 Å². The molecule has 156 valence electrons. The molecule has 0 aliphatic carbocycles. The normalized spacial score (nSPS) is 13.5. The van der Waals surface area contributed by atoms with Gasteiger partial charge in [0.15, 0.2) is 5.78 Å². The zero-order chi connectivity index (χ0) is 21.8. The Kier molecular flexibility index (Phi) is 7.21. The minimum absolute atomic E-state index is 0.00973. The third-order valence-electron chi connectivity index (χ3n) is 3.92. The van der Waals surface area contributed by atoms with Crippen LogP contribution in [0.5, 0.6) is 0 Å².